The molecule has 2 saturated heterocycles. The third-order valence-electron chi connectivity index (χ3n) is 6.04. The predicted molar refractivity (Wildman–Crippen MR) is 102 cm³/mol. The van der Waals surface area contributed by atoms with Gasteiger partial charge in [-0.05, 0) is 24.7 Å². The van der Waals surface area contributed by atoms with Crippen molar-refractivity contribution in [1.82, 2.24) is 0 Å². The Morgan fingerprint density at radius 2 is 1.46 bits per heavy atom. The van der Waals surface area contributed by atoms with Crippen molar-refractivity contribution in [3.8, 4) is 0 Å². The molecule has 9 atom stereocenters. The normalized spacial score (nSPS) is 41.5. The molecule has 0 bridgehead atoms. The minimum Gasteiger partial charge on any atom is -0.458 e. The second-order valence-corrected chi connectivity index (χ2v) is 8.70. The van der Waals surface area contributed by atoms with Crippen LogP contribution in [0.1, 0.15) is 55.4 Å². The summed E-state index contributed by atoms with van der Waals surface area (Å²) in [6, 6.07) is 0. The quantitative estimate of drug-likeness (QED) is 0.656. The van der Waals surface area contributed by atoms with Crippen LogP contribution in [0.2, 0.25) is 0 Å². The van der Waals surface area contributed by atoms with E-state index in [0.717, 1.165) is 0 Å². The van der Waals surface area contributed by atoms with Crippen molar-refractivity contribution in [1.29, 1.82) is 0 Å². The first kappa shape index (κ1) is 23.1. The third kappa shape index (κ3) is 5.24. The number of ether oxygens (including phenoxy) is 5. The van der Waals surface area contributed by atoms with E-state index < -0.39 is 30.4 Å². The zero-order valence-electron chi connectivity index (χ0n) is 18.3. The lowest BCUT2D eigenvalue weighted by Gasteiger charge is -2.47. The summed E-state index contributed by atoms with van der Waals surface area (Å²) >= 11 is 0. The number of hydrogen-bond acceptors (Lipinski definition) is 7. The molecule has 28 heavy (non-hydrogen) atoms. The van der Waals surface area contributed by atoms with Gasteiger partial charge in [0, 0.05) is 26.4 Å². The van der Waals surface area contributed by atoms with E-state index in [2.05, 4.69) is 27.7 Å². The van der Waals surface area contributed by atoms with Gasteiger partial charge in [0.2, 0.25) is 0 Å². The molecule has 2 heterocycles. The Kier molecular flexibility index (Phi) is 7.88. The standard InChI is InChI=1S/C21H36O7/c1-10(2)17-18(12(4)11(3)9-24-17)28-21-20(27-16(8)23)19(26-15(7)22)13(5)14(6)25-21/h10-14,17-21H,9H2,1-8H3/t11-,12-,13-,14-,17?,18+,19+,20+,21-/m0/s1. The van der Waals surface area contributed by atoms with Gasteiger partial charge in [-0.15, -0.1) is 0 Å². The molecule has 0 amide bonds. The Morgan fingerprint density at radius 1 is 0.893 bits per heavy atom. The first-order valence-corrected chi connectivity index (χ1v) is 10.3. The molecule has 0 radical (unpaired) electrons. The molecule has 1 unspecified atom stereocenters. The van der Waals surface area contributed by atoms with E-state index in [0.29, 0.717) is 12.5 Å². The zero-order valence-corrected chi connectivity index (χ0v) is 18.3. The smallest absolute Gasteiger partial charge is 0.303 e. The molecule has 0 aliphatic carbocycles. The summed E-state index contributed by atoms with van der Waals surface area (Å²) in [6.07, 6.45) is -2.83. The van der Waals surface area contributed by atoms with Gasteiger partial charge in [0.05, 0.1) is 18.3 Å². The van der Waals surface area contributed by atoms with E-state index in [1.807, 2.05) is 13.8 Å². The fraction of sp³-hybridized carbons (Fsp3) is 0.905. The topological polar surface area (TPSA) is 80.3 Å². The van der Waals surface area contributed by atoms with E-state index in [9.17, 15) is 9.59 Å². The molecule has 2 fully saturated rings. The number of esters is 2. The minimum absolute atomic E-state index is 0.0883. The highest BCUT2D eigenvalue weighted by Crippen LogP contribution is 2.37. The monoisotopic (exact) mass is 400 g/mol. The fourth-order valence-corrected chi connectivity index (χ4v) is 3.98. The molecule has 7 nitrogen and oxygen atoms in total. The van der Waals surface area contributed by atoms with Gasteiger partial charge in [0.1, 0.15) is 6.10 Å². The summed E-state index contributed by atoms with van der Waals surface area (Å²) in [5.41, 5.74) is 0. The van der Waals surface area contributed by atoms with Crippen LogP contribution in [0.3, 0.4) is 0 Å². The molecule has 0 aromatic heterocycles. The lowest BCUT2D eigenvalue weighted by Crippen LogP contribution is -2.59. The highest BCUT2D eigenvalue weighted by Gasteiger charge is 2.50. The van der Waals surface area contributed by atoms with Crippen LogP contribution in [0.5, 0.6) is 0 Å². The summed E-state index contributed by atoms with van der Waals surface area (Å²) < 4.78 is 29.6. The molecular formula is C21H36O7. The van der Waals surface area contributed by atoms with Gasteiger partial charge in [-0.2, -0.15) is 0 Å². The van der Waals surface area contributed by atoms with Crippen LogP contribution < -0.4 is 0 Å². The number of carbonyl (C=O) groups is 2. The van der Waals surface area contributed by atoms with Gasteiger partial charge >= 0.3 is 11.9 Å². The van der Waals surface area contributed by atoms with Gasteiger partial charge in [-0.1, -0.05) is 34.6 Å². The molecule has 2 aliphatic heterocycles. The van der Waals surface area contributed by atoms with Crippen LogP contribution in [0.4, 0.5) is 0 Å². The van der Waals surface area contributed by atoms with E-state index in [1.54, 1.807) is 0 Å². The van der Waals surface area contributed by atoms with Gasteiger partial charge in [-0.25, -0.2) is 0 Å². The van der Waals surface area contributed by atoms with Gasteiger partial charge in [-0.3, -0.25) is 9.59 Å². The van der Waals surface area contributed by atoms with Crippen LogP contribution in [0.25, 0.3) is 0 Å². The Labute approximate surface area is 168 Å². The largest absolute Gasteiger partial charge is 0.458 e. The summed E-state index contributed by atoms with van der Waals surface area (Å²) in [5, 5.41) is 0. The molecule has 0 N–H and O–H groups in total. The van der Waals surface area contributed by atoms with Crippen molar-refractivity contribution < 1.29 is 33.3 Å². The highest BCUT2D eigenvalue weighted by molar-refractivity contribution is 5.67. The zero-order chi connectivity index (χ0) is 21.2. The summed E-state index contributed by atoms with van der Waals surface area (Å²) in [5.74, 6) is -0.210. The molecule has 2 aliphatic rings. The van der Waals surface area contributed by atoms with Crippen molar-refractivity contribution in [2.45, 2.75) is 92.2 Å². The summed E-state index contributed by atoms with van der Waals surface area (Å²) in [7, 11) is 0. The maximum absolute atomic E-state index is 11.8. The second kappa shape index (κ2) is 9.55. The van der Waals surface area contributed by atoms with E-state index in [1.165, 1.54) is 13.8 Å². The molecule has 0 aromatic carbocycles. The fourth-order valence-electron chi connectivity index (χ4n) is 3.98. The van der Waals surface area contributed by atoms with Crippen LogP contribution in [-0.4, -0.2) is 55.4 Å². The predicted octanol–water partition coefficient (Wildman–Crippen LogP) is 2.94. The van der Waals surface area contributed by atoms with Crippen LogP contribution in [-0.2, 0) is 33.3 Å². The SMILES string of the molecule is CC(=O)O[C@@H]1[C@@H](C)[C@H](C)O[C@@H](O[C@H]2C(C(C)C)OC[C@H](C)[C@@H]2C)[C@@H]1OC(C)=O. The number of carbonyl (C=O) groups excluding carboxylic acids is 2. The lowest BCUT2D eigenvalue weighted by atomic mass is 9.82. The first-order valence-electron chi connectivity index (χ1n) is 10.3. The Balaban J connectivity index is 2.30. The van der Waals surface area contributed by atoms with Crippen LogP contribution in [0.15, 0.2) is 0 Å². The average Bonchev–Trinajstić information content (AvgIpc) is 2.58. The van der Waals surface area contributed by atoms with Crippen molar-refractivity contribution in [3.05, 3.63) is 0 Å². The van der Waals surface area contributed by atoms with Crippen LogP contribution in [0, 0.1) is 23.7 Å². The number of rotatable bonds is 5. The van der Waals surface area contributed by atoms with Gasteiger partial charge in [0.25, 0.3) is 0 Å². The Morgan fingerprint density at radius 3 is 2.00 bits per heavy atom. The molecule has 162 valence electrons. The Bertz CT molecular complexity index is 549. The van der Waals surface area contributed by atoms with E-state index in [-0.39, 0.29) is 36.1 Å². The number of hydrogen-bond donors (Lipinski definition) is 0. The molecule has 0 aromatic rings. The first-order chi connectivity index (χ1) is 13.0. The summed E-state index contributed by atoms with van der Waals surface area (Å²) in [4.78, 5) is 23.4. The van der Waals surface area contributed by atoms with Crippen LogP contribution >= 0.6 is 0 Å². The maximum atomic E-state index is 11.8. The summed E-state index contributed by atoms with van der Waals surface area (Å²) in [6.45, 7) is 15.7. The minimum atomic E-state index is -0.831. The molecule has 7 heteroatoms. The van der Waals surface area contributed by atoms with Crippen molar-refractivity contribution >= 4 is 11.9 Å². The highest BCUT2D eigenvalue weighted by atomic mass is 16.7. The van der Waals surface area contributed by atoms with Crippen molar-refractivity contribution in [2.75, 3.05) is 6.61 Å². The van der Waals surface area contributed by atoms with Gasteiger partial charge in [0.15, 0.2) is 12.4 Å². The average molecular weight is 401 g/mol. The van der Waals surface area contributed by atoms with Crippen molar-refractivity contribution in [2.24, 2.45) is 23.7 Å². The molecule has 2 rings (SSSR count). The third-order valence-corrected chi connectivity index (χ3v) is 6.04. The van der Waals surface area contributed by atoms with Gasteiger partial charge < -0.3 is 23.7 Å². The molecule has 0 saturated carbocycles. The molecule has 0 spiro atoms. The molecular weight excluding hydrogens is 364 g/mol. The van der Waals surface area contributed by atoms with E-state index in [4.69, 9.17) is 23.7 Å². The van der Waals surface area contributed by atoms with Crippen molar-refractivity contribution in [3.63, 3.8) is 0 Å². The van der Waals surface area contributed by atoms with E-state index >= 15 is 0 Å². The Hall–Kier alpha value is -1.18. The lowest BCUT2D eigenvalue weighted by molar-refractivity contribution is -0.319. The maximum Gasteiger partial charge on any atom is 0.303 e. The second-order valence-electron chi connectivity index (χ2n) is 8.70.